The van der Waals surface area contributed by atoms with E-state index >= 15 is 0 Å². The van der Waals surface area contributed by atoms with Crippen molar-refractivity contribution < 1.29 is 14.3 Å². The highest BCUT2D eigenvalue weighted by Crippen LogP contribution is 2.29. The van der Waals surface area contributed by atoms with E-state index in [1.165, 1.54) is 0 Å². The maximum Gasteiger partial charge on any atom is 0.193 e. The van der Waals surface area contributed by atoms with Crippen molar-refractivity contribution >= 4 is 5.78 Å². The molecule has 0 heterocycles. The molecule has 0 fully saturated rings. The summed E-state index contributed by atoms with van der Waals surface area (Å²) in [6.07, 6.45) is 0. The number of hydrogen-bond acceptors (Lipinski definition) is 3. The Morgan fingerprint density at radius 2 is 1.25 bits per heavy atom. The maximum atomic E-state index is 12.7. The summed E-state index contributed by atoms with van der Waals surface area (Å²) in [4.78, 5) is 12.7. The molecular weight excluding hydrogens is 300 g/mol. The van der Waals surface area contributed by atoms with Crippen LogP contribution >= 0.6 is 0 Å². The SMILES string of the molecule is COc1ccc(C(=O)c2ccc(-c3ccccc3)cc2)cc1OC. The fourth-order valence-electron chi connectivity index (χ4n) is 2.59. The summed E-state index contributed by atoms with van der Waals surface area (Å²) in [5.41, 5.74) is 3.42. The second-order valence-corrected chi connectivity index (χ2v) is 5.34. The van der Waals surface area contributed by atoms with Crippen LogP contribution in [0.25, 0.3) is 11.1 Å². The molecule has 0 bridgehead atoms. The van der Waals surface area contributed by atoms with E-state index in [9.17, 15) is 4.79 Å². The molecule has 0 aromatic heterocycles. The zero-order chi connectivity index (χ0) is 16.9. The first-order valence-electron chi connectivity index (χ1n) is 7.65. The van der Waals surface area contributed by atoms with Gasteiger partial charge in [0.25, 0.3) is 0 Å². The van der Waals surface area contributed by atoms with Crippen molar-refractivity contribution in [2.24, 2.45) is 0 Å². The van der Waals surface area contributed by atoms with Crippen molar-refractivity contribution in [3.8, 4) is 22.6 Å². The highest BCUT2D eigenvalue weighted by atomic mass is 16.5. The smallest absolute Gasteiger partial charge is 0.193 e. The molecule has 3 nitrogen and oxygen atoms in total. The van der Waals surface area contributed by atoms with Crippen molar-refractivity contribution in [1.29, 1.82) is 0 Å². The number of methoxy groups -OCH3 is 2. The van der Waals surface area contributed by atoms with Gasteiger partial charge in [-0.25, -0.2) is 0 Å². The van der Waals surface area contributed by atoms with Crippen molar-refractivity contribution in [1.82, 2.24) is 0 Å². The van der Waals surface area contributed by atoms with Crippen LogP contribution in [0.1, 0.15) is 15.9 Å². The van der Waals surface area contributed by atoms with Crippen LogP contribution in [0.4, 0.5) is 0 Å². The van der Waals surface area contributed by atoms with Gasteiger partial charge >= 0.3 is 0 Å². The summed E-state index contributed by atoms with van der Waals surface area (Å²) in [7, 11) is 3.13. The zero-order valence-electron chi connectivity index (χ0n) is 13.7. The molecule has 0 radical (unpaired) electrons. The predicted octanol–water partition coefficient (Wildman–Crippen LogP) is 4.60. The van der Waals surface area contributed by atoms with E-state index in [0.717, 1.165) is 11.1 Å². The molecule has 3 rings (SSSR count). The number of carbonyl (C=O) groups excluding carboxylic acids is 1. The molecule has 3 aromatic rings. The summed E-state index contributed by atoms with van der Waals surface area (Å²) < 4.78 is 10.5. The Balaban J connectivity index is 1.88. The molecule has 0 spiro atoms. The van der Waals surface area contributed by atoms with Crippen LogP contribution < -0.4 is 9.47 Å². The van der Waals surface area contributed by atoms with E-state index in [-0.39, 0.29) is 5.78 Å². The average Bonchev–Trinajstić information content (AvgIpc) is 2.67. The number of benzene rings is 3. The maximum absolute atomic E-state index is 12.7. The van der Waals surface area contributed by atoms with Gasteiger partial charge in [-0.05, 0) is 29.3 Å². The predicted molar refractivity (Wildman–Crippen MR) is 94.9 cm³/mol. The van der Waals surface area contributed by atoms with Crippen molar-refractivity contribution in [3.05, 3.63) is 83.9 Å². The van der Waals surface area contributed by atoms with Crippen LogP contribution in [0.3, 0.4) is 0 Å². The quantitative estimate of drug-likeness (QED) is 0.645. The monoisotopic (exact) mass is 318 g/mol. The lowest BCUT2D eigenvalue weighted by atomic mass is 9.99. The Hall–Kier alpha value is -3.07. The Labute approximate surface area is 141 Å². The molecule has 3 heteroatoms. The van der Waals surface area contributed by atoms with Gasteiger partial charge in [0.1, 0.15) is 0 Å². The number of ether oxygens (including phenoxy) is 2. The second kappa shape index (κ2) is 7.01. The largest absolute Gasteiger partial charge is 0.493 e. The van der Waals surface area contributed by atoms with Crippen molar-refractivity contribution in [2.45, 2.75) is 0 Å². The molecule has 24 heavy (non-hydrogen) atoms. The number of hydrogen-bond donors (Lipinski definition) is 0. The lowest BCUT2D eigenvalue weighted by Crippen LogP contribution is -2.02. The van der Waals surface area contributed by atoms with Gasteiger partial charge in [-0.15, -0.1) is 0 Å². The van der Waals surface area contributed by atoms with Gasteiger partial charge in [0.15, 0.2) is 17.3 Å². The minimum atomic E-state index is -0.0458. The lowest BCUT2D eigenvalue weighted by Gasteiger charge is -2.09. The van der Waals surface area contributed by atoms with Crippen LogP contribution in [0.5, 0.6) is 11.5 Å². The number of rotatable bonds is 5. The topological polar surface area (TPSA) is 35.5 Å². The Kier molecular flexibility index (Phi) is 4.62. The Morgan fingerprint density at radius 1 is 0.667 bits per heavy atom. The van der Waals surface area contributed by atoms with Gasteiger partial charge in [-0.1, -0.05) is 54.6 Å². The average molecular weight is 318 g/mol. The highest BCUT2D eigenvalue weighted by molar-refractivity contribution is 6.09. The molecule has 0 amide bonds. The summed E-state index contributed by atoms with van der Waals surface area (Å²) in [5.74, 6) is 1.10. The van der Waals surface area contributed by atoms with Crippen LogP contribution in [0, 0.1) is 0 Å². The molecular formula is C21H18O3. The van der Waals surface area contributed by atoms with E-state index < -0.39 is 0 Å². The molecule has 0 saturated heterocycles. The highest BCUT2D eigenvalue weighted by Gasteiger charge is 2.13. The third-order valence-electron chi connectivity index (χ3n) is 3.90. The van der Waals surface area contributed by atoms with Crippen LogP contribution in [0.2, 0.25) is 0 Å². The first-order valence-corrected chi connectivity index (χ1v) is 7.65. The van der Waals surface area contributed by atoms with Crippen LogP contribution in [-0.4, -0.2) is 20.0 Å². The van der Waals surface area contributed by atoms with Crippen molar-refractivity contribution in [3.63, 3.8) is 0 Å². The molecule has 0 atom stereocenters. The fourth-order valence-corrected chi connectivity index (χ4v) is 2.59. The molecule has 120 valence electrons. The van der Waals surface area contributed by atoms with E-state index in [4.69, 9.17) is 9.47 Å². The standard InChI is InChI=1S/C21H18O3/c1-23-19-13-12-18(14-20(19)24-2)21(22)17-10-8-16(9-11-17)15-6-4-3-5-7-15/h3-14H,1-2H3. The molecule has 0 unspecified atom stereocenters. The summed E-state index contributed by atoms with van der Waals surface area (Å²) in [5, 5.41) is 0. The summed E-state index contributed by atoms with van der Waals surface area (Å²) in [6, 6.07) is 22.9. The first kappa shape index (κ1) is 15.8. The van der Waals surface area contributed by atoms with Gasteiger partial charge in [0, 0.05) is 11.1 Å². The Morgan fingerprint density at radius 3 is 1.88 bits per heavy atom. The van der Waals surface area contributed by atoms with Crippen LogP contribution in [-0.2, 0) is 0 Å². The zero-order valence-corrected chi connectivity index (χ0v) is 13.7. The molecule has 0 saturated carbocycles. The van der Waals surface area contributed by atoms with Gasteiger partial charge in [0.05, 0.1) is 14.2 Å². The summed E-state index contributed by atoms with van der Waals surface area (Å²) in [6.45, 7) is 0. The van der Waals surface area contributed by atoms with E-state index in [1.54, 1.807) is 32.4 Å². The molecule has 3 aromatic carbocycles. The van der Waals surface area contributed by atoms with Gasteiger partial charge in [0.2, 0.25) is 0 Å². The third-order valence-corrected chi connectivity index (χ3v) is 3.90. The van der Waals surface area contributed by atoms with Gasteiger partial charge in [-0.3, -0.25) is 4.79 Å². The first-order chi connectivity index (χ1) is 11.7. The van der Waals surface area contributed by atoms with E-state index in [2.05, 4.69) is 0 Å². The minimum absolute atomic E-state index is 0.0458. The normalized spacial score (nSPS) is 10.2. The number of carbonyl (C=O) groups is 1. The van der Waals surface area contributed by atoms with Crippen molar-refractivity contribution in [2.75, 3.05) is 14.2 Å². The Bertz CT molecular complexity index is 837. The molecule has 0 N–H and O–H groups in total. The minimum Gasteiger partial charge on any atom is -0.493 e. The summed E-state index contributed by atoms with van der Waals surface area (Å²) >= 11 is 0. The second-order valence-electron chi connectivity index (χ2n) is 5.34. The van der Waals surface area contributed by atoms with E-state index in [0.29, 0.717) is 22.6 Å². The van der Waals surface area contributed by atoms with Gasteiger partial charge in [-0.2, -0.15) is 0 Å². The van der Waals surface area contributed by atoms with E-state index in [1.807, 2.05) is 54.6 Å². The molecule has 0 aliphatic carbocycles. The third kappa shape index (κ3) is 3.15. The number of ketones is 1. The molecule has 0 aliphatic heterocycles. The fraction of sp³-hybridized carbons (Fsp3) is 0.0952. The van der Waals surface area contributed by atoms with Crippen LogP contribution in [0.15, 0.2) is 72.8 Å². The van der Waals surface area contributed by atoms with Gasteiger partial charge < -0.3 is 9.47 Å². The lowest BCUT2D eigenvalue weighted by molar-refractivity contribution is 0.103. The molecule has 0 aliphatic rings.